The van der Waals surface area contributed by atoms with E-state index in [1.165, 1.54) is 0 Å². The van der Waals surface area contributed by atoms with E-state index in [9.17, 15) is 9.59 Å². The lowest BCUT2D eigenvalue weighted by Gasteiger charge is -2.16. The summed E-state index contributed by atoms with van der Waals surface area (Å²) in [4.78, 5) is 24.5. The van der Waals surface area contributed by atoms with Crippen LogP contribution in [0.2, 0.25) is 0 Å². The van der Waals surface area contributed by atoms with E-state index in [2.05, 4.69) is 10.1 Å². The molecule has 2 amide bonds. The van der Waals surface area contributed by atoms with Crippen LogP contribution in [0, 0.1) is 5.92 Å². The Hall–Kier alpha value is -1.14. The predicted octanol–water partition coefficient (Wildman–Crippen LogP) is -0.0718. The number of imide groups is 1. The van der Waals surface area contributed by atoms with Gasteiger partial charge in [-0.1, -0.05) is 0 Å². The number of nitrogens with two attached hydrogens (primary N) is 1. The number of likely N-dealkylation sites (tertiary alicyclic amines) is 1. The molecule has 0 spiro atoms. The van der Waals surface area contributed by atoms with Crippen molar-refractivity contribution < 1.29 is 14.3 Å². The average Bonchev–Trinajstić information content (AvgIpc) is 2.66. The summed E-state index contributed by atoms with van der Waals surface area (Å²) in [6.45, 7) is 5.82. The molecule has 98 valence electrons. The standard InChI is InChI=1S/C11H21N3O3/c1-3-17-11(16)13-10(15)7-14-5-4-9(6-14)8(2)12/h8-9H,3-7,12H2,1-2H3,(H,13,15,16). The van der Waals surface area contributed by atoms with E-state index in [-0.39, 0.29) is 25.1 Å². The molecule has 17 heavy (non-hydrogen) atoms. The summed E-state index contributed by atoms with van der Waals surface area (Å²) in [5.74, 6) is 0.110. The SMILES string of the molecule is CCOC(=O)NC(=O)CN1CCC(C(C)N)C1. The van der Waals surface area contributed by atoms with Gasteiger partial charge in [-0.3, -0.25) is 15.0 Å². The van der Waals surface area contributed by atoms with Gasteiger partial charge in [-0.2, -0.15) is 0 Å². The van der Waals surface area contributed by atoms with Crippen molar-refractivity contribution in [3.05, 3.63) is 0 Å². The van der Waals surface area contributed by atoms with E-state index in [0.29, 0.717) is 5.92 Å². The fourth-order valence-electron chi connectivity index (χ4n) is 1.96. The molecule has 6 heteroatoms. The first-order chi connectivity index (χ1) is 8.02. The summed E-state index contributed by atoms with van der Waals surface area (Å²) in [5, 5.41) is 2.18. The molecular weight excluding hydrogens is 222 g/mol. The van der Waals surface area contributed by atoms with Crippen molar-refractivity contribution in [2.45, 2.75) is 26.3 Å². The fraction of sp³-hybridized carbons (Fsp3) is 0.818. The van der Waals surface area contributed by atoms with E-state index in [0.717, 1.165) is 19.5 Å². The normalized spacial score (nSPS) is 22.2. The van der Waals surface area contributed by atoms with Gasteiger partial charge in [0.15, 0.2) is 0 Å². The van der Waals surface area contributed by atoms with E-state index >= 15 is 0 Å². The van der Waals surface area contributed by atoms with Gasteiger partial charge >= 0.3 is 6.09 Å². The molecule has 2 unspecified atom stereocenters. The molecule has 1 rings (SSSR count). The minimum atomic E-state index is -0.680. The van der Waals surface area contributed by atoms with Gasteiger partial charge in [0.1, 0.15) is 0 Å². The first-order valence-electron chi connectivity index (χ1n) is 5.97. The second-order valence-electron chi connectivity index (χ2n) is 4.41. The van der Waals surface area contributed by atoms with Crippen molar-refractivity contribution in [2.75, 3.05) is 26.2 Å². The second kappa shape index (κ2) is 6.56. The predicted molar refractivity (Wildman–Crippen MR) is 63.4 cm³/mol. The smallest absolute Gasteiger partial charge is 0.413 e. The third-order valence-corrected chi connectivity index (χ3v) is 2.94. The summed E-state index contributed by atoms with van der Waals surface area (Å²) in [6.07, 6.45) is 0.324. The lowest BCUT2D eigenvalue weighted by molar-refractivity contribution is -0.121. The van der Waals surface area contributed by atoms with E-state index in [4.69, 9.17) is 5.73 Å². The summed E-state index contributed by atoms with van der Waals surface area (Å²) in [7, 11) is 0. The Morgan fingerprint density at radius 2 is 2.29 bits per heavy atom. The van der Waals surface area contributed by atoms with E-state index in [1.807, 2.05) is 11.8 Å². The number of ether oxygens (including phenoxy) is 1. The molecule has 1 heterocycles. The zero-order chi connectivity index (χ0) is 12.8. The molecule has 1 aliphatic heterocycles. The molecule has 1 aliphatic rings. The van der Waals surface area contributed by atoms with E-state index in [1.54, 1.807) is 6.92 Å². The summed E-state index contributed by atoms with van der Waals surface area (Å²) in [5.41, 5.74) is 5.81. The molecule has 1 fully saturated rings. The van der Waals surface area contributed by atoms with Crippen molar-refractivity contribution in [3.63, 3.8) is 0 Å². The quantitative estimate of drug-likeness (QED) is 0.722. The Balaban J connectivity index is 2.26. The highest BCUT2D eigenvalue weighted by atomic mass is 16.5. The Morgan fingerprint density at radius 3 is 2.82 bits per heavy atom. The highest BCUT2D eigenvalue weighted by Crippen LogP contribution is 2.17. The van der Waals surface area contributed by atoms with Crippen LogP contribution in [-0.2, 0) is 9.53 Å². The molecule has 2 atom stereocenters. The maximum Gasteiger partial charge on any atom is 0.413 e. The van der Waals surface area contributed by atoms with Crippen molar-refractivity contribution in [1.29, 1.82) is 0 Å². The molecule has 1 saturated heterocycles. The molecule has 0 aliphatic carbocycles. The number of carbonyl (C=O) groups excluding carboxylic acids is 2. The Kier molecular flexibility index (Phi) is 5.37. The van der Waals surface area contributed by atoms with Crippen LogP contribution < -0.4 is 11.1 Å². The Bertz CT molecular complexity index is 281. The molecule has 0 aromatic heterocycles. The topological polar surface area (TPSA) is 84.7 Å². The van der Waals surface area contributed by atoms with Gasteiger partial charge < -0.3 is 10.5 Å². The molecule has 0 aromatic rings. The Labute approximate surface area is 101 Å². The summed E-state index contributed by atoms with van der Waals surface area (Å²) in [6, 6.07) is 0.146. The summed E-state index contributed by atoms with van der Waals surface area (Å²) >= 11 is 0. The largest absolute Gasteiger partial charge is 0.450 e. The zero-order valence-corrected chi connectivity index (χ0v) is 10.4. The monoisotopic (exact) mass is 243 g/mol. The number of alkyl carbamates (subject to hydrolysis) is 1. The minimum absolute atomic E-state index is 0.146. The maximum absolute atomic E-state index is 11.5. The first kappa shape index (κ1) is 13.9. The van der Waals surface area contributed by atoms with Gasteiger partial charge in [0, 0.05) is 12.6 Å². The van der Waals surface area contributed by atoms with Crippen LogP contribution in [0.3, 0.4) is 0 Å². The molecule has 0 radical (unpaired) electrons. The molecule has 0 bridgehead atoms. The number of amides is 2. The fourth-order valence-corrected chi connectivity index (χ4v) is 1.96. The maximum atomic E-state index is 11.5. The molecule has 0 aromatic carbocycles. The van der Waals surface area contributed by atoms with Crippen LogP contribution in [0.1, 0.15) is 20.3 Å². The van der Waals surface area contributed by atoms with Gasteiger partial charge in [-0.15, -0.1) is 0 Å². The molecule has 6 nitrogen and oxygen atoms in total. The minimum Gasteiger partial charge on any atom is -0.450 e. The number of nitrogens with one attached hydrogen (secondary N) is 1. The van der Waals surface area contributed by atoms with Gasteiger partial charge in [-0.25, -0.2) is 4.79 Å². The Morgan fingerprint density at radius 1 is 1.59 bits per heavy atom. The van der Waals surface area contributed by atoms with Crippen LogP contribution in [0.25, 0.3) is 0 Å². The number of rotatable bonds is 4. The number of hydrogen-bond donors (Lipinski definition) is 2. The molecule has 0 saturated carbocycles. The van der Waals surface area contributed by atoms with Crippen LogP contribution in [-0.4, -0.2) is 49.2 Å². The van der Waals surface area contributed by atoms with Gasteiger partial charge in [0.05, 0.1) is 13.2 Å². The van der Waals surface area contributed by atoms with Gasteiger partial charge in [-0.05, 0) is 32.7 Å². The highest BCUT2D eigenvalue weighted by Gasteiger charge is 2.26. The lowest BCUT2D eigenvalue weighted by atomic mass is 10.0. The van der Waals surface area contributed by atoms with Crippen molar-refractivity contribution in [3.8, 4) is 0 Å². The van der Waals surface area contributed by atoms with Gasteiger partial charge in [0.25, 0.3) is 0 Å². The third kappa shape index (κ3) is 4.70. The summed E-state index contributed by atoms with van der Waals surface area (Å²) < 4.78 is 4.63. The van der Waals surface area contributed by atoms with Crippen molar-refractivity contribution in [1.82, 2.24) is 10.2 Å². The lowest BCUT2D eigenvalue weighted by Crippen LogP contribution is -2.40. The van der Waals surface area contributed by atoms with Crippen molar-refractivity contribution in [2.24, 2.45) is 11.7 Å². The van der Waals surface area contributed by atoms with Crippen LogP contribution in [0.15, 0.2) is 0 Å². The van der Waals surface area contributed by atoms with Crippen LogP contribution in [0.4, 0.5) is 4.79 Å². The van der Waals surface area contributed by atoms with E-state index < -0.39 is 6.09 Å². The number of carbonyl (C=O) groups is 2. The second-order valence-corrected chi connectivity index (χ2v) is 4.41. The highest BCUT2D eigenvalue weighted by molar-refractivity contribution is 5.92. The molecule has 3 N–H and O–H groups in total. The molecular formula is C11H21N3O3. The van der Waals surface area contributed by atoms with Crippen molar-refractivity contribution >= 4 is 12.0 Å². The first-order valence-corrected chi connectivity index (χ1v) is 5.97. The van der Waals surface area contributed by atoms with Crippen LogP contribution >= 0.6 is 0 Å². The average molecular weight is 243 g/mol. The van der Waals surface area contributed by atoms with Gasteiger partial charge in [0.2, 0.25) is 5.91 Å². The number of hydrogen-bond acceptors (Lipinski definition) is 5. The van der Waals surface area contributed by atoms with Crippen LogP contribution in [0.5, 0.6) is 0 Å². The number of nitrogens with zero attached hydrogens (tertiary/aromatic N) is 1. The zero-order valence-electron chi connectivity index (χ0n) is 10.4. The third-order valence-electron chi connectivity index (χ3n) is 2.94.